The van der Waals surface area contributed by atoms with Gasteiger partial charge in [0.1, 0.15) is 23.7 Å². The number of carbonyl (C=O) groups is 3. The summed E-state index contributed by atoms with van der Waals surface area (Å²) < 4.78 is 54.7. The van der Waals surface area contributed by atoms with Crippen molar-refractivity contribution in [3.63, 3.8) is 0 Å². The number of carbonyl (C=O) groups excluding carboxylic acids is 3. The van der Waals surface area contributed by atoms with Gasteiger partial charge in [-0.1, -0.05) is 26.0 Å². The minimum absolute atomic E-state index is 0.0533. The van der Waals surface area contributed by atoms with E-state index in [-0.39, 0.29) is 12.2 Å². The minimum Gasteiger partial charge on any atom is -0.343 e. The van der Waals surface area contributed by atoms with Gasteiger partial charge in [-0.15, -0.1) is 0 Å². The van der Waals surface area contributed by atoms with Gasteiger partial charge in [0.25, 0.3) is 5.91 Å². The third kappa shape index (κ3) is 5.48. The summed E-state index contributed by atoms with van der Waals surface area (Å²) in [5.41, 5.74) is -1.87. The lowest BCUT2D eigenvalue weighted by molar-refractivity contribution is -0.137. The van der Waals surface area contributed by atoms with Crippen LogP contribution in [0.5, 0.6) is 0 Å². The summed E-state index contributed by atoms with van der Waals surface area (Å²) in [7, 11) is 1.58. The van der Waals surface area contributed by atoms with Crippen molar-refractivity contribution < 1.29 is 31.9 Å². The van der Waals surface area contributed by atoms with Crippen molar-refractivity contribution in [3.8, 4) is 0 Å². The third-order valence-corrected chi connectivity index (χ3v) is 5.98. The number of anilines is 2. The first-order chi connectivity index (χ1) is 16.9. The number of nitrogens with zero attached hydrogens (tertiary/aromatic N) is 2. The summed E-state index contributed by atoms with van der Waals surface area (Å²) >= 11 is 0. The monoisotopic (exact) mass is 509 g/mol. The Morgan fingerprint density at radius 3 is 2.42 bits per heavy atom. The molecule has 2 heterocycles. The van der Waals surface area contributed by atoms with Gasteiger partial charge in [-0.25, -0.2) is 9.37 Å². The summed E-state index contributed by atoms with van der Waals surface area (Å²) in [6.07, 6.45) is -3.57. The molecule has 1 unspecified atom stereocenters. The molecule has 0 spiro atoms. The van der Waals surface area contributed by atoms with Gasteiger partial charge >= 0.3 is 6.18 Å². The molecule has 194 valence electrons. The van der Waals surface area contributed by atoms with Gasteiger partial charge in [-0.2, -0.15) is 13.2 Å². The minimum atomic E-state index is -4.92. The molecule has 3 amide bonds. The lowest BCUT2D eigenvalue weighted by Crippen LogP contribution is -2.57. The summed E-state index contributed by atoms with van der Waals surface area (Å²) in [6.45, 7) is 5.01. The van der Waals surface area contributed by atoms with Crippen LogP contribution in [0.25, 0.3) is 0 Å². The summed E-state index contributed by atoms with van der Waals surface area (Å²) in [5.74, 6) is -3.65. The van der Waals surface area contributed by atoms with E-state index in [0.29, 0.717) is 11.6 Å². The predicted molar refractivity (Wildman–Crippen MR) is 125 cm³/mol. The molecule has 8 nitrogen and oxygen atoms in total. The lowest BCUT2D eigenvalue weighted by Gasteiger charge is -2.31. The molecular formula is C24H27F4N5O3. The van der Waals surface area contributed by atoms with E-state index in [4.69, 9.17) is 0 Å². The largest absolute Gasteiger partial charge is 0.418 e. The first kappa shape index (κ1) is 27.1. The zero-order valence-electron chi connectivity index (χ0n) is 20.1. The summed E-state index contributed by atoms with van der Waals surface area (Å²) in [4.78, 5) is 44.7. The number of fused-ring (bicyclic) bond motifs is 1. The van der Waals surface area contributed by atoms with Crippen molar-refractivity contribution in [2.24, 2.45) is 5.92 Å². The Hall–Kier alpha value is -3.54. The van der Waals surface area contributed by atoms with E-state index in [1.54, 1.807) is 40.0 Å². The fourth-order valence-corrected chi connectivity index (χ4v) is 3.89. The molecule has 3 N–H and O–H groups in total. The number of benzene rings is 1. The Labute approximate surface area is 205 Å². The Morgan fingerprint density at radius 1 is 1.11 bits per heavy atom. The van der Waals surface area contributed by atoms with E-state index in [2.05, 4.69) is 15.6 Å². The normalized spacial score (nSPS) is 16.9. The van der Waals surface area contributed by atoms with Crippen molar-refractivity contribution in [2.45, 2.75) is 51.5 Å². The average molecular weight is 510 g/mol. The number of para-hydroxylation sites is 1. The number of aromatic nitrogens is 1. The first-order valence-corrected chi connectivity index (χ1v) is 11.3. The van der Waals surface area contributed by atoms with Crippen LogP contribution in [0.1, 0.15) is 31.9 Å². The van der Waals surface area contributed by atoms with Crippen LogP contribution in [0, 0.1) is 11.7 Å². The SMILES string of the molecule is CN[C@@H](C)C(=O)N[C@H](C(=O)N1c2ncccc2CC1C(=O)Nc1c(F)cccc1C(F)(F)F)C(C)C. The van der Waals surface area contributed by atoms with Crippen LogP contribution in [0.4, 0.5) is 29.1 Å². The second kappa shape index (κ2) is 10.6. The number of hydrogen-bond donors (Lipinski definition) is 3. The number of pyridine rings is 1. The van der Waals surface area contributed by atoms with Crippen LogP contribution < -0.4 is 20.9 Å². The fourth-order valence-electron chi connectivity index (χ4n) is 3.89. The summed E-state index contributed by atoms with van der Waals surface area (Å²) in [5, 5.41) is 7.46. The molecule has 1 aromatic heterocycles. The third-order valence-electron chi connectivity index (χ3n) is 5.98. The summed E-state index contributed by atoms with van der Waals surface area (Å²) in [6, 6.07) is 2.58. The number of halogens is 4. The second-order valence-corrected chi connectivity index (χ2v) is 8.80. The highest BCUT2D eigenvalue weighted by atomic mass is 19.4. The molecule has 3 rings (SSSR count). The molecule has 1 aliphatic rings. The molecule has 36 heavy (non-hydrogen) atoms. The zero-order chi connectivity index (χ0) is 26.8. The topological polar surface area (TPSA) is 103 Å². The fraction of sp³-hybridized carbons (Fsp3) is 0.417. The van der Waals surface area contributed by atoms with Gasteiger partial charge in [-0.3, -0.25) is 19.3 Å². The maximum absolute atomic E-state index is 14.4. The van der Waals surface area contributed by atoms with Gasteiger partial charge < -0.3 is 16.0 Å². The quantitative estimate of drug-likeness (QED) is 0.498. The Bertz CT molecular complexity index is 1150. The van der Waals surface area contributed by atoms with Gasteiger partial charge in [0.2, 0.25) is 11.8 Å². The Balaban J connectivity index is 1.98. The highest BCUT2D eigenvalue weighted by Crippen LogP contribution is 2.37. The van der Waals surface area contributed by atoms with E-state index in [1.165, 1.54) is 6.20 Å². The molecule has 0 saturated carbocycles. The molecule has 1 aliphatic heterocycles. The zero-order valence-corrected chi connectivity index (χ0v) is 20.1. The van der Waals surface area contributed by atoms with Gasteiger partial charge in [0.05, 0.1) is 17.3 Å². The molecule has 2 aromatic rings. The smallest absolute Gasteiger partial charge is 0.343 e. The van der Waals surface area contributed by atoms with E-state index < -0.39 is 65.0 Å². The maximum Gasteiger partial charge on any atom is 0.418 e. The molecule has 0 aliphatic carbocycles. The first-order valence-electron chi connectivity index (χ1n) is 11.3. The number of alkyl halides is 3. The number of nitrogens with one attached hydrogen (secondary N) is 3. The van der Waals surface area contributed by atoms with Crippen LogP contribution in [0.3, 0.4) is 0 Å². The van der Waals surface area contributed by atoms with Crippen LogP contribution in [-0.4, -0.2) is 47.9 Å². The van der Waals surface area contributed by atoms with Crippen LogP contribution in [0.2, 0.25) is 0 Å². The van der Waals surface area contributed by atoms with Crippen LogP contribution in [-0.2, 0) is 27.0 Å². The number of rotatable bonds is 7. The second-order valence-electron chi connectivity index (χ2n) is 8.80. The average Bonchev–Trinajstić information content (AvgIpc) is 3.21. The van der Waals surface area contributed by atoms with Crippen LogP contribution in [0.15, 0.2) is 36.5 Å². The Morgan fingerprint density at radius 2 is 1.81 bits per heavy atom. The highest BCUT2D eigenvalue weighted by molar-refractivity contribution is 6.09. The van der Waals surface area contributed by atoms with Crippen molar-refractivity contribution in [1.29, 1.82) is 0 Å². The van der Waals surface area contributed by atoms with Gasteiger partial charge in [0.15, 0.2) is 0 Å². The highest BCUT2D eigenvalue weighted by Gasteiger charge is 2.44. The predicted octanol–water partition coefficient (Wildman–Crippen LogP) is 2.88. The van der Waals surface area contributed by atoms with Gasteiger partial charge in [0, 0.05) is 12.6 Å². The van der Waals surface area contributed by atoms with Crippen LogP contribution >= 0.6 is 0 Å². The van der Waals surface area contributed by atoms with E-state index in [9.17, 15) is 31.9 Å². The molecule has 0 fully saturated rings. The lowest BCUT2D eigenvalue weighted by atomic mass is 10.0. The number of likely N-dealkylation sites (N-methyl/N-ethyl adjacent to an activating group) is 1. The van der Waals surface area contributed by atoms with E-state index in [0.717, 1.165) is 17.0 Å². The molecule has 0 radical (unpaired) electrons. The van der Waals surface area contributed by atoms with Gasteiger partial charge in [-0.05, 0) is 43.7 Å². The molecule has 12 heteroatoms. The Kier molecular flexibility index (Phi) is 7.97. The number of amides is 3. The van der Waals surface area contributed by atoms with Crippen molar-refractivity contribution >= 4 is 29.2 Å². The standard InChI is InChI=1S/C24H27F4N5O3/c1-12(2)18(31-21(34)13(3)29-4)23(36)33-17(11-14-7-6-10-30-20(14)33)22(35)32-19-15(24(26,27)28)8-5-9-16(19)25/h5-10,12-13,17-18,29H,11H2,1-4H3,(H,31,34)(H,32,35)/t13-,17?,18-/m0/s1. The maximum atomic E-state index is 14.4. The molecule has 0 saturated heterocycles. The molecular weight excluding hydrogens is 482 g/mol. The van der Waals surface area contributed by atoms with E-state index in [1.807, 2.05) is 5.32 Å². The van der Waals surface area contributed by atoms with Crippen molar-refractivity contribution in [3.05, 3.63) is 53.5 Å². The van der Waals surface area contributed by atoms with Crippen molar-refractivity contribution in [2.75, 3.05) is 17.3 Å². The van der Waals surface area contributed by atoms with E-state index >= 15 is 0 Å². The molecule has 1 aromatic carbocycles. The molecule has 3 atom stereocenters. The van der Waals surface area contributed by atoms with Crippen molar-refractivity contribution in [1.82, 2.24) is 15.6 Å². The number of hydrogen-bond acceptors (Lipinski definition) is 5. The molecule has 0 bridgehead atoms.